The summed E-state index contributed by atoms with van der Waals surface area (Å²) >= 11 is 1.57. The molecule has 1 aliphatic heterocycles. The minimum absolute atomic E-state index is 0.419. The molecule has 1 unspecified atom stereocenters. The van der Waals surface area contributed by atoms with Crippen LogP contribution in [-0.2, 0) is 0 Å². The summed E-state index contributed by atoms with van der Waals surface area (Å²) in [5, 5.41) is 5.29. The van der Waals surface area contributed by atoms with E-state index in [1.807, 2.05) is 17.5 Å². The smallest absolute Gasteiger partial charge is 0.235 e. The van der Waals surface area contributed by atoms with Crippen molar-refractivity contribution in [2.75, 3.05) is 31.1 Å². The molecule has 0 bridgehead atoms. The van der Waals surface area contributed by atoms with Gasteiger partial charge < -0.3 is 15.0 Å². The first kappa shape index (κ1) is 13.9. The molecular formula is C15H16N4OS. The maximum absolute atomic E-state index is 5.80. The average molecular weight is 300 g/mol. The van der Waals surface area contributed by atoms with E-state index in [-0.39, 0.29) is 0 Å². The fraction of sp³-hybridized carbons (Fsp3) is 0.333. The molecule has 1 fully saturated rings. The first-order valence-electron chi connectivity index (χ1n) is 6.81. The molecule has 1 atom stereocenters. The van der Waals surface area contributed by atoms with E-state index < -0.39 is 6.10 Å². The third-order valence-corrected chi connectivity index (χ3v) is 4.15. The molecule has 3 heterocycles. The summed E-state index contributed by atoms with van der Waals surface area (Å²) in [6.45, 7) is 3.74. The van der Waals surface area contributed by atoms with Crippen molar-refractivity contribution >= 4 is 17.2 Å². The highest BCUT2D eigenvalue weighted by Crippen LogP contribution is 2.24. The number of thiophene rings is 1. The van der Waals surface area contributed by atoms with Gasteiger partial charge in [-0.25, -0.2) is 0 Å². The third kappa shape index (κ3) is 3.32. The lowest BCUT2D eigenvalue weighted by atomic mass is 10.3. The molecule has 0 amide bonds. The van der Waals surface area contributed by atoms with Crippen LogP contribution in [0, 0.1) is 12.3 Å². The van der Waals surface area contributed by atoms with E-state index in [0.717, 1.165) is 36.9 Å². The monoisotopic (exact) mass is 300 g/mol. The molecule has 5 nitrogen and oxygen atoms in total. The van der Waals surface area contributed by atoms with Crippen LogP contribution in [0.2, 0.25) is 0 Å². The molecule has 1 aliphatic rings. The van der Waals surface area contributed by atoms with Gasteiger partial charge in [-0.1, -0.05) is 12.0 Å². The molecule has 1 N–H and O–H groups in total. The second-order valence-corrected chi connectivity index (χ2v) is 5.61. The predicted molar refractivity (Wildman–Crippen MR) is 83.6 cm³/mol. The molecule has 108 valence electrons. The fourth-order valence-electron chi connectivity index (χ4n) is 2.18. The zero-order valence-corrected chi connectivity index (χ0v) is 12.3. The van der Waals surface area contributed by atoms with Gasteiger partial charge in [0.05, 0.1) is 17.3 Å². The Morgan fingerprint density at radius 2 is 2.24 bits per heavy atom. The largest absolute Gasteiger partial charge is 0.454 e. The molecule has 0 radical (unpaired) electrons. The Balaban J connectivity index is 1.75. The average Bonchev–Trinajstić information content (AvgIpc) is 3.08. The summed E-state index contributed by atoms with van der Waals surface area (Å²) in [5.74, 6) is 3.94. The van der Waals surface area contributed by atoms with Crippen LogP contribution in [0.3, 0.4) is 0 Å². The van der Waals surface area contributed by atoms with Crippen molar-refractivity contribution in [2.24, 2.45) is 0 Å². The van der Waals surface area contributed by atoms with Crippen LogP contribution < -0.4 is 15.0 Å². The molecule has 0 aliphatic carbocycles. The van der Waals surface area contributed by atoms with Crippen LogP contribution >= 0.6 is 11.3 Å². The van der Waals surface area contributed by atoms with Gasteiger partial charge in [0.15, 0.2) is 11.9 Å². The van der Waals surface area contributed by atoms with E-state index in [4.69, 9.17) is 11.2 Å². The molecular weight excluding hydrogens is 284 g/mol. The van der Waals surface area contributed by atoms with Gasteiger partial charge in [-0.05, 0) is 11.4 Å². The molecule has 1 saturated heterocycles. The van der Waals surface area contributed by atoms with Gasteiger partial charge in [-0.2, -0.15) is 4.98 Å². The molecule has 21 heavy (non-hydrogen) atoms. The van der Waals surface area contributed by atoms with Crippen LogP contribution in [0.1, 0.15) is 11.0 Å². The standard InChI is InChI=1S/C15H16N4OS/c1-2-12(13-4-3-9-21-13)20-15-11-17-10-14(18-15)19-7-5-16-6-8-19/h1,3-4,9-12,16H,5-8H2. The first-order valence-corrected chi connectivity index (χ1v) is 7.68. The summed E-state index contributed by atoms with van der Waals surface area (Å²) in [6, 6.07) is 3.92. The highest BCUT2D eigenvalue weighted by molar-refractivity contribution is 7.10. The predicted octanol–water partition coefficient (Wildman–Crippen LogP) is 1.70. The molecule has 2 aromatic rings. The van der Waals surface area contributed by atoms with Crippen LogP contribution in [0.15, 0.2) is 29.9 Å². The highest BCUT2D eigenvalue weighted by atomic mass is 32.1. The van der Waals surface area contributed by atoms with Gasteiger partial charge in [0, 0.05) is 26.2 Å². The minimum atomic E-state index is -0.419. The number of nitrogens with one attached hydrogen (secondary N) is 1. The number of nitrogens with zero attached hydrogens (tertiary/aromatic N) is 3. The van der Waals surface area contributed by atoms with E-state index in [1.165, 1.54) is 0 Å². The molecule has 0 spiro atoms. The lowest BCUT2D eigenvalue weighted by Crippen LogP contribution is -2.43. The minimum Gasteiger partial charge on any atom is -0.454 e. The lowest BCUT2D eigenvalue weighted by Gasteiger charge is -2.28. The number of terminal acetylenes is 1. The Labute approximate surface area is 128 Å². The summed E-state index contributed by atoms with van der Waals surface area (Å²) in [5.41, 5.74) is 0. The summed E-state index contributed by atoms with van der Waals surface area (Å²) in [4.78, 5) is 11.9. The number of ether oxygens (including phenoxy) is 1. The quantitative estimate of drug-likeness (QED) is 0.871. The normalized spacial score (nSPS) is 16.2. The van der Waals surface area contributed by atoms with Crippen molar-refractivity contribution in [1.82, 2.24) is 15.3 Å². The molecule has 2 aromatic heterocycles. The zero-order chi connectivity index (χ0) is 14.5. The number of anilines is 1. The van der Waals surface area contributed by atoms with Crippen LogP contribution in [-0.4, -0.2) is 36.1 Å². The third-order valence-electron chi connectivity index (χ3n) is 3.23. The van der Waals surface area contributed by atoms with E-state index in [2.05, 4.69) is 26.1 Å². The van der Waals surface area contributed by atoms with E-state index in [0.29, 0.717) is 5.88 Å². The van der Waals surface area contributed by atoms with Crippen LogP contribution in [0.4, 0.5) is 5.82 Å². The number of hydrogen-bond donors (Lipinski definition) is 1. The maximum Gasteiger partial charge on any atom is 0.235 e. The SMILES string of the molecule is C#CC(Oc1cncc(N2CCNCC2)n1)c1cccs1. The van der Waals surface area contributed by atoms with E-state index >= 15 is 0 Å². The van der Waals surface area contributed by atoms with Crippen molar-refractivity contribution in [3.05, 3.63) is 34.8 Å². The second-order valence-electron chi connectivity index (χ2n) is 4.63. The van der Waals surface area contributed by atoms with E-state index in [9.17, 15) is 0 Å². The second kappa shape index (κ2) is 6.57. The van der Waals surface area contributed by atoms with Gasteiger partial charge in [0.25, 0.3) is 0 Å². The molecule has 0 aromatic carbocycles. The van der Waals surface area contributed by atoms with Crippen molar-refractivity contribution in [3.8, 4) is 18.2 Å². The number of piperazine rings is 1. The Morgan fingerprint density at radius 3 is 2.95 bits per heavy atom. The number of aromatic nitrogens is 2. The first-order chi connectivity index (χ1) is 10.4. The molecule has 0 saturated carbocycles. The van der Waals surface area contributed by atoms with E-state index in [1.54, 1.807) is 23.7 Å². The molecule has 6 heteroatoms. The van der Waals surface area contributed by atoms with Crippen molar-refractivity contribution in [1.29, 1.82) is 0 Å². The van der Waals surface area contributed by atoms with Gasteiger partial charge in [0.2, 0.25) is 5.88 Å². The fourth-order valence-corrected chi connectivity index (χ4v) is 2.89. The summed E-state index contributed by atoms with van der Waals surface area (Å²) in [6.07, 6.45) is 8.50. The summed E-state index contributed by atoms with van der Waals surface area (Å²) in [7, 11) is 0. The maximum atomic E-state index is 5.80. The van der Waals surface area contributed by atoms with Crippen molar-refractivity contribution in [2.45, 2.75) is 6.10 Å². The Kier molecular flexibility index (Phi) is 4.34. The van der Waals surface area contributed by atoms with Crippen LogP contribution in [0.5, 0.6) is 5.88 Å². The van der Waals surface area contributed by atoms with Gasteiger partial charge >= 0.3 is 0 Å². The van der Waals surface area contributed by atoms with Crippen molar-refractivity contribution in [3.63, 3.8) is 0 Å². The number of hydrogen-bond acceptors (Lipinski definition) is 6. The Bertz CT molecular complexity index is 617. The van der Waals surface area contributed by atoms with Gasteiger partial charge in [-0.15, -0.1) is 17.8 Å². The highest BCUT2D eigenvalue weighted by Gasteiger charge is 2.15. The van der Waals surface area contributed by atoms with Gasteiger partial charge in [0.1, 0.15) is 0 Å². The lowest BCUT2D eigenvalue weighted by molar-refractivity contribution is 0.256. The Morgan fingerprint density at radius 1 is 1.38 bits per heavy atom. The topological polar surface area (TPSA) is 50.3 Å². The molecule has 3 rings (SSSR count). The summed E-state index contributed by atoms with van der Waals surface area (Å²) < 4.78 is 5.80. The van der Waals surface area contributed by atoms with Crippen molar-refractivity contribution < 1.29 is 4.74 Å². The zero-order valence-electron chi connectivity index (χ0n) is 11.5. The van der Waals surface area contributed by atoms with Crippen LogP contribution in [0.25, 0.3) is 0 Å². The number of rotatable bonds is 4. The Hall–Kier alpha value is -2.10. The van der Waals surface area contributed by atoms with Gasteiger partial charge in [-0.3, -0.25) is 4.98 Å².